The van der Waals surface area contributed by atoms with Gasteiger partial charge in [0.05, 0.1) is 6.61 Å². The molecule has 1 unspecified atom stereocenters. The van der Waals surface area contributed by atoms with Crippen molar-refractivity contribution in [3.8, 4) is 0 Å². The van der Waals surface area contributed by atoms with E-state index in [1.807, 2.05) is 36.4 Å². The Morgan fingerprint density at radius 1 is 1.17 bits per heavy atom. The average molecular weight is 258 g/mol. The van der Waals surface area contributed by atoms with Gasteiger partial charge in [-0.3, -0.25) is 4.57 Å². The molecule has 1 aliphatic heterocycles. The van der Waals surface area contributed by atoms with Gasteiger partial charge in [0.15, 0.2) is 0 Å². The predicted molar refractivity (Wildman–Crippen MR) is 75.4 cm³/mol. The summed E-state index contributed by atoms with van der Waals surface area (Å²) < 4.78 is 18.3. The fraction of sp³-hybridized carbons (Fsp3) is 0.200. The van der Waals surface area contributed by atoms with Crippen molar-refractivity contribution in [1.29, 1.82) is 0 Å². The summed E-state index contributed by atoms with van der Waals surface area (Å²) in [4.78, 5) is 0. The van der Waals surface area contributed by atoms with Crippen molar-refractivity contribution in [2.45, 2.75) is 6.42 Å². The number of hydrogen-bond donors (Lipinski definition) is 0. The molecule has 1 atom stereocenters. The lowest BCUT2D eigenvalue weighted by Crippen LogP contribution is -2.16. The molecule has 0 saturated carbocycles. The van der Waals surface area contributed by atoms with Gasteiger partial charge in [-0.05, 0) is 29.2 Å². The van der Waals surface area contributed by atoms with Crippen LogP contribution in [0.5, 0.6) is 0 Å². The molecule has 1 heterocycles. The highest BCUT2D eigenvalue weighted by Gasteiger charge is 2.27. The predicted octanol–water partition coefficient (Wildman–Crippen LogP) is 3.52. The molecule has 3 heteroatoms. The minimum absolute atomic E-state index is 0.448. The molecule has 1 aliphatic carbocycles. The number of hydrogen-bond acceptors (Lipinski definition) is 2. The summed E-state index contributed by atoms with van der Waals surface area (Å²) in [6, 6.07) is 7.85. The van der Waals surface area contributed by atoms with Gasteiger partial charge in [0, 0.05) is 12.0 Å². The second-order valence-electron chi connectivity index (χ2n) is 4.71. The highest BCUT2D eigenvalue weighted by atomic mass is 31.2. The Morgan fingerprint density at radius 2 is 1.94 bits per heavy atom. The lowest BCUT2D eigenvalue weighted by atomic mass is 9.99. The molecule has 2 bridgehead atoms. The Hall–Kier alpha value is -1.37. The van der Waals surface area contributed by atoms with E-state index in [9.17, 15) is 4.57 Å². The summed E-state index contributed by atoms with van der Waals surface area (Å²) in [6.45, 7) is 2.15. The first-order chi connectivity index (χ1) is 8.67. The summed E-state index contributed by atoms with van der Waals surface area (Å²) in [6.07, 6.45) is 9.07. The van der Waals surface area contributed by atoms with E-state index in [0.717, 1.165) is 17.3 Å². The van der Waals surface area contributed by atoms with Crippen LogP contribution in [0.2, 0.25) is 0 Å². The summed E-state index contributed by atoms with van der Waals surface area (Å²) in [5.41, 5.74) is 3.45. The summed E-state index contributed by atoms with van der Waals surface area (Å²) in [7, 11) is -2.73. The van der Waals surface area contributed by atoms with Crippen LogP contribution >= 0.6 is 7.37 Å². The van der Waals surface area contributed by atoms with Crippen LogP contribution in [0.25, 0.3) is 5.57 Å². The van der Waals surface area contributed by atoms with Crippen LogP contribution in [0.1, 0.15) is 12.0 Å². The van der Waals surface area contributed by atoms with Gasteiger partial charge in [-0.15, -0.1) is 0 Å². The van der Waals surface area contributed by atoms with E-state index in [1.54, 1.807) is 6.66 Å². The number of fused-ring (bicyclic) bond motifs is 4. The highest BCUT2D eigenvalue weighted by Crippen LogP contribution is 2.46. The fourth-order valence-electron chi connectivity index (χ4n) is 2.38. The van der Waals surface area contributed by atoms with Crippen molar-refractivity contribution in [2.75, 3.05) is 13.3 Å². The minimum Gasteiger partial charge on any atom is -0.321 e. The van der Waals surface area contributed by atoms with E-state index >= 15 is 0 Å². The fourth-order valence-corrected chi connectivity index (χ4v) is 3.95. The number of allylic oxidation sites excluding steroid dienone is 5. The maximum Gasteiger partial charge on any atom is 0.230 e. The van der Waals surface area contributed by atoms with Crippen molar-refractivity contribution in [1.82, 2.24) is 0 Å². The van der Waals surface area contributed by atoms with Gasteiger partial charge in [-0.25, -0.2) is 0 Å². The van der Waals surface area contributed by atoms with E-state index < -0.39 is 7.37 Å². The summed E-state index contributed by atoms with van der Waals surface area (Å²) >= 11 is 0. The Labute approximate surface area is 107 Å². The standard InChI is InChI=1S/C15H15O2P/c1-18(16)15-9-5-4-8-14(15)13-7-3-2-6-12(10-13)11-17-18/h2-9H,10-11H2,1H3. The first-order valence-corrected chi connectivity index (χ1v) is 8.11. The SMILES string of the molecule is CP1(=O)OCC2=CC=CC=C(C2)c2ccccc21. The Balaban J connectivity index is 2.25. The Kier molecular flexibility index (Phi) is 2.85. The molecular weight excluding hydrogens is 243 g/mol. The lowest BCUT2D eigenvalue weighted by Gasteiger charge is -2.23. The number of benzene rings is 1. The summed E-state index contributed by atoms with van der Waals surface area (Å²) in [5.74, 6) is 0. The van der Waals surface area contributed by atoms with E-state index in [-0.39, 0.29) is 0 Å². The molecular formula is C15H15O2P. The van der Waals surface area contributed by atoms with Gasteiger partial charge in [-0.1, -0.05) is 42.5 Å². The quantitative estimate of drug-likeness (QED) is 0.665. The molecule has 0 amide bonds. The van der Waals surface area contributed by atoms with Gasteiger partial charge in [0.25, 0.3) is 0 Å². The highest BCUT2D eigenvalue weighted by molar-refractivity contribution is 7.66. The van der Waals surface area contributed by atoms with E-state index in [1.165, 1.54) is 11.1 Å². The van der Waals surface area contributed by atoms with Crippen LogP contribution in [-0.2, 0) is 9.09 Å². The van der Waals surface area contributed by atoms with Crippen molar-refractivity contribution in [2.24, 2.45) is 0 Å². The monoisotopic (exact) mass is 258 g/mol. The van der Waals surface area contributed by atoms with Crippen LogP contribution in [0.3, 0.4) is 0 Å². The lowest BCUT2D eigenvalue weighted by molar-refractivity contribution is 0.353. The van der Waals surface area contributed by atoms with Crippen molar-refractivity contribution in [3.63, 3.8) is 0 Å². The van der Waals surface area contributed by atoms with E-state index in [2.05, 4.69) is 12.2 Å². The van der Waals surface area contributed by atoms with Crippen LogP contribution in [0.4, 0.5) is 0 Å². The molecule has 18 heavy (non-hydrogen) atoms. The van der Waals surface area contributed by atoms with Gasteiger partial charge in [-0.2, -0.15) is 0 Å². The van der Waals surface area contributed by atoms with Gasteiger partial charge in [0.2, 0.25) is 7.37 Å². The molecule has 0 N–H and O–H groups in total. The molecule has 0 saturated heterocycles. The third-order valence-electron chi connectivity index (χ3n) is 3.34. The molecule has 92 valence electrons. The maximum atomic E-state index is 12.7. The molecule has 0 fully saturated rings. The summed E-state index contributed by atoms with van der Waals surface area (Å²) in [5, 5.41) is 0.839. The molecule has 1 aromatic rings. The third-order valence-corrected chi connectivity index (χ3v) is 5.23. The zero-order valence-corrected chi connectivity index (χ0v) is 11.2. The zero-order chi connectivity index (χ0) is 12.6. The first kappa shape index (κ1) is 11.7. The number of rotatable bonds is 0. The van der Waals surface area contributed by atoms with Crippen LogP contribution in [-0.4, -0.2) is 13.3 Å². The normalized spacial score (nSPS) is 26.3. The average Bonchev–Trinajstić information content (AvgIpc) is 2.61. The third kappa shape index (κ3) is 2.03. The topological polar surface area (TPSA) is 26.3 Å². The van der Waals surface area contributed by atoms with Crippen LogP contribution in [0, 0.1) is 0 Å². The van der Waals surface area contributed by atoms with Crippen LogP contribution < -0.4 is 5.30 Å². The van der Waals surface area contributed by atoms with E-state index in [4.69, 9.17) is 4.52 Å². The van der Waals surface area contributed by atoms with Crippen LogP contribution in [0.15, 0.2) is 54.1 Å². The van der Waals surface area contributed by atoms with Gasteiger partial charge >= 0.3 is 0 Å². The zero-order valence-electron chi connectivity index (χ0n) is 10.3. The van der Waals surface area contributed by atoms with Crippen molar-refractivity contribution < 1.29 is 9.09 Å². The largest absolute Gasteiger partial charge is 0.321 e. The van der Waals surface area contributed by atoms with Crippen molar-refractivity contribution in [3.05, 3.63) is 59.7 Å². The minimum atomic E-state index is -2.73. The second-order valence-corrected chi connectivity index (χ2v) is 7.15. The van der Waals surface area contributed by atoms with Gasteiger partial charge in [0.1, 0.15) is 0 Å². The Bertz CT molecular complexity index is 623. The van der Waals surface area contributed by atoms with Crippen molar-refractivity contribution >= 4 is 18.2 Å². The molecule has 1 aromatic carbocycles. The molecule has 0 aromatic heterocycles. The maximum absolute atomic E-state index is 12.7. The van der Waals surface area contributed by atoms with E-state index in [0.29, 0.717) is 6.61 Å². The Morgan fingerprint density at radius 3 is 2.83 bits per heavy atom. The molecule has 3 rings (SSSR count). The first-order valence-electron chi connectivity index (χ1n) is 6.04. The molecule has 0 spiro atoms. The molecule has 0 radical (unpaired) electrons. The van der Waals surface area contributed by atoms with Gasteiger partial charge < -0.3 is 4.52 Å². The molecule has 2 aliphatic rings. The smallest absolute Gasteiger partial charge is 0.230 e. The molecule has 2 nitrogen and oxygen atoms in total. The second kappa shape index (κ2) is 4.38.